The van der Waals surface area contributed by atoms with E-state index in [0.29, 0.717) is 5.56 Å². The highest BCUT2D eigenvalue weighted by Gasteiger charge is 2.11. The number of carboxylic acids is 1. The largest absolute Gasteiger partial charge is 0.507 e. The van der Waals surface area contributed by atoms with Gasteiger partial charge in [0.05, 0.1) is 6.20 Å². The number of benzene rings is 1. The molecule has 0 spiro atoms. The Morgan fingerprint density at radius 3 is 2.73 bits per heavy atom. The van der Waals surface area contributed by atoms with Gasteiger partial charge < -0.3 is 10.2 Å². The highest BCUT2D eigenvalue weighted by molar-refractivity contribution is 5.92. The van der Waals surface area contributed by atoms with Gasteiger partial charge in [-0.15, -0.1) is 0 Å². The van der Waals surface area contributed by atoms with Crippen LogP contribution in [0.5, 0.6) is 5.75 Å². The highest BCUT2D eigenvalue weighted by Crippen LogP contribution is 2.24. The Labute approximate surface area is 85.0 Å². The Balaban J connectivity index is 2.52. The van der Waals surface area contributed by atoms with E-state index in [9.17, 15) is 9.90 Å². The van der Waals surface area contributed by atoms with Crippen LogP contribution in [0.1, 0.15) is 10.4 Å². The lowest BCUT2D eigenvalue weighted by atomic mass is 10.1. The second-order valence-electron chi connectivity index (χ2n) is 3.02. The van der Waals surface area contributed by atoms with E-state index in [-0.39, 0.29) is 11.3 Å². The number of aromatic carboxylic acids is 1. The standard InChI is InChI=1S/C10H8N2O3/c13-9-2-1-6(3-8(9)10(14)15)7-4-11-12-5-7/h1-5,13H,(H,11,12)(H,14,15). The molecule has 15 heavy (non-hydrogen) atoms. The molecule has 0 aliphatic carbocycles. The molecule has 1 heterocycles. The quantitative estimate of drug-likeness (QED) is 0.691. The summed E-state index contributed by atoms with van der Waals surface area (Å²) in [5.74, 6) is -1.40. The molecule has 1 aromatic carbocycles. The molecular weight excluding hydrogens is 196 g/mol. The minimum atomic E-state index is -1.15. The first kappa shape index (κ1) is 9.26. The monoisotopic (exact) mass is 204 g/mol. The van der Waals surface area contributed by atoms with Crippen molar-refractivity contribution in [1.29, 1.82) is 0 Å². The third-order valence-electron chi connectivity index (χ3n) is 2.06. The fourth-order valence-corrected chi connectivity index (χ4v) is 1.30. The van der Waals surface area contributed by atoms with Crippen molar-refractivity contribution in [2.24, 2.45) is 0 Å². The molecule has 5 nitrogen and oxygen atoms in total. The maximum absolute atomic E-state index is 10.8. The predicted molar refractivity (Wildman–Crippen MR) is 52.6 cm³/mol. The van der Waals surface area contributed by atoms with Gasteiger partial charge in [-0.1, -0.05) is 6.07 Å². The van der Waals surface area contributed by atoms with Crippen LogP contribution in [0, 0.1) is 0 Å². The lowest BCUT2D eigenvalue weighted by Crippen LogP contribution is -1.96. The van der Waals surface area contributed by atoms with Crippen molar-refractivity contribution in [2.75, 3.05) is 0 Å². The number of phenols is 1. The summed E-state index contributed by atoms with van der Waals surface area (Å²) in [4.78, 5) is 10.8. The molecule has 0 aliphatic heterocycles. The van der Waals surface area contributed by atoms with Gasteiger partial charge in [0, 0.05) is 11.8 Å². The zero-order valence-electron chi connectivity index (χ0n) is 7.64. The third-order valence-corrected chi connectivity index (χ3v) is 2.06. The van der Waals surface area contributed by atoms with E-state index < -0.39 is 5.97 Å². The molecule has 76 valence electrons. The number of rotatable bonds is 2. The molecule has 0 atom stereocenters. The molecule has 1 aromatic heterocycles. The minimum absolute atomic E-state index is 0.117. The molecule has 0 aliphatic rings. The summed E-state index contributed by atoms with van der Waals surface area (Å²) in [6.45, 7) is 0. The summed E-state index contributed by atoms with van der Waals surface area (Å²) >= 11 is 0. The van der Waals surface area contributed by atoms with Gasteiger partial charge in [0.25, 0.3) is 0 Å². The molecule has 0 saturated heterocycles. The maximum atomic E-state index is 10.8. The van der Waals surface area contributed by atoms with Gasteiger partial charge in [-0.2, -0.15) is 5.10 Å². The summed E-state index contributed by atoms with van der Waals surface area (Å²) < 4.78 is 0. The van der Waals surface area contributed by atoms with Gasteiger partial charge in [-0.25, -0.2) is 4.79 Å². The van der Waals surface area contributed by atoms with E-state index in [2.05, 4.69) is 10.2 Å². The van der Waals surface area contributed by atoms with E-state index in [4.69, 9.17) is 5.11 Å². The maximum Gasteiger partial charge on any atom is 0.339 e. The van der Waals surface area contributed by atoms with Crippen LogP contribution in [0.3, 0.4) is 0 Å². The summed E-state index contributed by atoms with van der Waals surface area (Å²) in [5, 5.41) is 24.5. The molecule has 0 bridgehead atoms. The van der Waals surface area contributed by atoms with Crippen LogP contribution in [0.2, 0.25) is 0 Å². The van der Waals surface area contributed by atoms with E-state index in [1.807, 2.05) is 0 Å². The lowest BCUT2D eigenvalue weighted by Gasteiger charge is -2.02. The van der Waals surface area contributed by atoms with Crippen LogP contribution in [-0.4, -0.2) is 26.4 Å². The van der Waals surface area contributed by atoms with Crippen LogP contribution >= 0.6 is 0 Å². The van der Waals surface area contributed by atoms with Gasteiger partial charge in [0.15, 0.2) is 0 Å². The Kier molecular flexibility index (Phi) is 2.13. The van der Waals surface area contributed by atoms with Crippen molar-refractivity contribution in [2.45, 2.75) is 0 Å². The fraction of sp³-hybridized carbons (Fsp3) is 0. The number of carbonyl (C=O) groups is 1. The zero-order chi connectivity index (χ0) is 10.8. The van der Waals surface area contributed by atoms with Crippen molar-refractivity contribution in [3.05, 3.63) is 36.2 Å². The lowest BCUT2D eigenvalue weighted by molar-refractivity contribution is 0.0694. The Morgan fingerprint density at radius 1 is 1.33 bits per heavy atom. The van der Waals surface area contributed by atoms with Gasteiger partial charge in [-0.3, -0.25) is 5.10 Å². The van der Waals surface area contributed by atoms with Crippen LogP contribution in [-0.2, 0) is 0 Å². The van der Waals surface area contributed by atoms with Crippen molar-refractivity contribution in [3.63, 3.8) is 0 Å². The molecule has 0 saturated carbocycles. The molecule has 2 rings (SSSR count). The molecule has 0 radical (unpaired) electrons. The fourth-order valence-electron chi connectivity index (χ4n) is 1.30. The van der Waals surface area contributed by atoms with Gasteiger partial charge >= 0.3 is 5.97 Å². The van der Waals surface area contributed by atoms with Crippen molar-refractivity contribution >= 4 is 5.97 Å². The second kappa shape index (κ2) is 3.45. The summed E-state index contributed by atoms with van der Waals surface area (Å²) in [6, 6.07) is 4.39. The predicted octanol–water partition coefficient (Wildman–Crippen LogP) is 1.48. The highest BCUT2D eigenvalue weighted by atomic mass is 16.4. The van der Waals surface area contributed by atoms with Crippen LogP contribution in [0.25, 0.3) is 11.1 Å². The number of hydrogen-bond donors (Lipinski definition) is 3. The summed E-state index contributed by atoms with van der Waals surface area (Å²) in [5.41, 5.74) is 1.35. The second-order valence-corrected chi connectivity index (χ2v) is 3.02. The average molecular weight is 204 g/mol. The van der Waals surface area contributed by atoms with Gasteiger partial charge in [0.1, 0.15) is 11.3 Å². The van der Waals surface area contributed by atoms with Crippen molar-refractivity contribution in [3.8, 4) is 16.9 Å². The first-order valence-electron chi connectivity index (χ1n) is 4.24. The molecule has 0 fully saturated rings. The van der Waals surface area contributed by atoms with Gasteiger partial charge in [0.2, 0.25) is 0 Å². The zero-order valence-corrected chi connectivity index (χ0v) is 7.64. The minimum Gasteiger partial charge on any atom is -0.507 e. The van der Waals surface area contributed by atoms with Crippen molar-refractivity contribution < 1.29 is 15.0 Å². The molecule has 3 N–H and O–H groups in total. The van der Waals surface area contributed by atoms with Crippen molar-refractivity contribution in [1.82, 2.24) is 10.2 Å². The number of nitrogens with zero attached hydrogens (tertiary/aromatic N) is 1. The van der Waals surface area contributed by atoms with E-state index in [0.717, 1.165) is 5.56 Å². The molecule has 2 aromatic rings. The molecular formula is C10H8N2O3. The van der Waals surface area contributed by atoms with Crippen LogP contribution in [0.15, 0.2) is 30.6 Å². The SMILES string of the molecule is O=C(O)c1cc(-c2cn[nH]c2)ccc1O. The number of aromatic nitrogens is 2. The molecule has 0 unspecified atom stereocenters. The van der Waals surface area contributed by atoms with Crippen LogP contribution < -0.4 is 0 Å². The Morgan fingerprint density at radius 2 is 2.13 bits per heavy atom. The Hall–Kier alpha value is -2.30. The smallest absolute Gasteiger partial charge is 0.339 e. The first-order chi connectivity index (χ1) is 7.18. The number of aromatic hydroxyl groups is 1. The van der Waals surface area contributed by atoms with Gasteiger partial charge in [-0.05, 0) is 17.7 Å². The first-order valence-corrected chi connectivity index (χ1v) is 4.24. The number of hydrogen-bond acceptors (Lipinski definition) is 3. The third kappa shape index (κ3) is 1.67. The molecule has 0 amide bonds. The van der Waals surface area contributed by atoms with Crippen LogP contribution in [0.4, 0.5) is 0 Å². The average Bonchev–Trinajstić information content (AvgIpc) is 2.71. The summed E-state index contributed by atoms with van der Waals surface area (Å²) in [7, 11) is 0. The molecule has 5 heteroatoms. The number of H-pyrrole nitrogens is 1. The number of nitrogens with one attached hydrogen (secondary N) is 1. The summed E-state index contributed by atoms with van der Waals surface area (Å²) in [6.07, 6.45) is 3.23. The van der Waals surface area contributed by atoms with E-state index >= 15 is 0 Å². The topological polar surface area (TPSA) is 86.2 Å². The number of aromatic amines is 1. The normalized spacial score (nSPS) is 10.1. The number of carboxylic acid groups (broad SMARTS) is 1. The van der Waals surface area contributed by atoms with E-state index in [1.165, 1.54) is 12.1 Å². The Bertz CT molecular complexity index is 491. The van der Waals surface area contributed by atoms with E-state index in [1.54, 1.807) is 18.5 Å².